The number of rotatable bonds is 2. The van der Waals surface area contributed by atoms with Crippen molar-refractivity contribution < 1.29 is 4.92 Å². The van der Waals surface area contributed by atoms with Gasteiger partial charge in [-0.05, 0) is 28.1 Å². The Bertz CT molecular complexity index is 425. The number of halogens is 1. The molecule has 72 valence electrons. The van der Waals surface area contributed by atoms with Crippen molar-refractivity contribution in [2.45, 2.75) is 6.54 Å². The fourth-order valence-corrected chi connectivity index (χ4v) is 1.63. The van der Waals surface area contributed by atoms with Crippen molar-refractivity contribution in [3.8, 4) is 6.07 Å². The second-order valence-corrected chi connectivity index (χ2v) is 3.35. The molecule has 0 saturated heterocycles. The largest absolute Gasteiger partial charge is 0.326 e. The zero-order valence-electron chi connectivity index (χ0n) is 7.03. The first-order chi connectivity index (χ1) is 6.61. The van der Waals surface area contributed by atoms with Gasteiger partial charge in [0.05, 0.1) is 26.6 Å². The van der Waals surface area contributed by atoms with Gasteiger partial charge < -0.3 is 5.73 Å². The number of nitrogens with two attached hydrogens (primary N) is 1. The summed E-state index contributed by atoms with van der Waals surface area (Å²) in [5.41, 5.74) is 5.72. The fourth-order valence-electron chi connectivity index (χ4n) is 1.12. The number of nitro benzene ring substituents is 1. The lowest BCUT2D eigenvalue weighted by atomic mass is 10.1. The van der Waals surface area contributed by atoms with E-state index in [1.165, 1.54) is 12.1 Å². The van der Waals surface area contributed by atoms with Crippen molar-refractivity contribution in [2.75, 3.05) is 0 Å². The van der Waals surface area contributed by atoms with E-state index in [0.29, 0.717) is 4.47 Å². The third-order valence-corrected chi connectivity index (χ3v) is 2.38. The van der Waals surface area contributed by atoms with E-state index < -0.39 is 4.92 Å². The van der Waals surface area contributed by atoms with E-state index in [9.17, 15) is 10.1 Å². The topological polar surface area (TPSA) is 92.9 Å². The van der Waals surface area contributed by atoms with E-state index >= 15 is 0 Å². The molecule has 0 fully saturated rings. The number of nitrogens with zero attached hydrogens (tertiary/aromatic N) is 2. The molecule has 0 heterocycles. The van der Waals surface area contributed by atoms with Crippen LogP contribution in [0.5, 0.6) is 0 Å². The molecule has 1 rings (SSSR count). The summed E-state index contributed by atoms with van der Waals surface area (Å²) >= 11 is 3.05. The van der Waals surface area contributed by atoms with E-state index in [4.69, 9.17) is 11.0 Å². The maximum Gasteiger partial charge on any atom is 0.289 e. The van der Waals surface area contributed by atoms with Crippen LogP contribution in [0, 0.1) is 21.4 Å². The van der Waals surface area contributed by atoms with Crippen molar-refractivity contribution in [1.29, 1.82) is 5.26 Å². The van der Waals surface area contributed by atoms with Crippen LogP contribution in [0.2, 0.25) is 0 Å². The molecule has 0 aliphatic carbocycles. The quantitative estimate of drug-likeness (QED) is 0.643. The van der Waals surface area contributed by atoms with Crippen LogP contribution in [-0.2, 0) is 6.54 Å². The standard InChI is InChI=1S/C8H6BrN3O2/c9-7-2-1-5(3-10)6(4-11)8(7)12(13)14/h1-2H,4,11H2. The van der Waals surface area contributed by atoms with Gasteiger partial charge in [-0.15, -0.1) is 0 Å². The second kappa shape index (κ2) is 4.17. The molecule has 0 spiro atoms. The van der Waals surface area contributed by atoms with Crippen LogP contribution < -0.4 is 5.73 Å². The van der Waals surface area contributed by atoms with Gasteiger partial charge >= 0.3 is 0 Å². The van der Waals surface area contributed by atoms with Gasteiger partial charge in [0.15, 0.2) is 0 Å². The van der Waals surface area contributed by atoms with E-state index in [-0.39, 0.29) is 23.4 Å². The molecule has 0 atom stereocenters. The van der Waals surface area contributed by atoms with Crippen molar-refractivity contribution in [1.82, 2.24) is 0 Å². The Kier molecular flexibility index (Phi) is 3.17. The van der Waals surface area contributed by atoms with Crippen LogP contribution in [-0.4, -0.2) is 4.92 Å². The molecule has 6 heteroatoms. The highest BCUT2D eigenvalue weighted by Crippen LogP contribution is 2.30. The maximum atomic E-state index is 10.7. The molecule has 0 aromatic heterocycles. The van der Waals surface area contributed by atoms with Crippen LogP contribution in [0.1, 0.15) is 11.1 Å². The summed E-state index contributed by atoms with van der Waals surface area (Å²) in [6, 6.07) is 4.83. The number of nitro groups is 1. The maximum absolute atomic E-state index is 10.7. The fraction of sp³-hybridized carbons (Fsp3) is 0.125. The smallest absolute Gasteiger partial charge is 0.289 e. The highest BCUT2D eigenvalue weighted by atomic mass is 79.9. The van der Waals surface area contributed by atoms with Crippen molar-refractivity contribution in [2.24, 2.45) is 5.73 Å². The molecule has 0 aliphatic rings. The Hall–Kier alpha value is -1.45. The summed E-state index contributed by atoms with van der Waals surface area (Å²) in [6.07, 6.45) is 0. The second-order valence-electron chi connectivity index (χ2n) is 2.50. The first-order valence-corrected chi connectivity index (χ1v) is 4.47. The lowest BCUT2D eigenvalue weighted by Gasteiger charge is -2.03. The average Bonchev–Trinajstić information content (AvgIpc) is 2.16. The summed E-state index contributed by atoms with van der Waals surface area (Å²) in [7, 11) is 0. The SMILES string of the molecule is N#Cc1ccc(Br)c([N+](=O)[O-])c1CN. The molecule has 14 heavy (non-hydrogen) atoms. The van der Waals surface area contributed by atoms with Crippen molar-refractivity contribution in [3.05, 3.63) is 37.8 Å². The average molecular weight is 256 g/mol. The van der Waals surface area contributed by atoms with E-state index in [0.717, 1.165) is 0 Å². The molecule has 0 radical (unpaired) electrons. The van der Waals surface area contributed by atoms with Crippen LogP contribution >= 0.6 is 15.9 Å². The normalized spacial score (nSPS) is 9.50. The molecule has 2 N–H and O–H groups in total. The lowest BCUT2D eigenvalue weighted by molar-refractivity contribution is -0.386. The Balaban J connectivity index is 3.53. The van der Waals surface area contributed by atoms with Gasteiger partial charge in [0.2, 0.25) is 0 Å². The van der Waals surface area contributed by atoms with Gasteiger partial charge in [0.25, 0.3) is 5.69 Å². The first kappa shape index (κ1) is 10.6. The molecular weight excluding hydrogens is 250 g/mol. The van der Waals surface area contributed by atoms with Gasteiger partial charge in [-0.3, -0.25) is 10.1 Å². The molecule has 0 unspecified atom stereocenters. The predicted molar refractivity (Wildman–Crippen MR) is 53.4 cm³/mol. The monoisotopic (exact) mass is 255 g/mol. The van der Waals surface area contributed by atoms with Gasteiger partial charge in [0, 0.05) is 6.54 Å². The van der Waals surface area contributed by atoms with Crippen molar-refractivity contribution >= 4 is 21.6 Å². The van der Waals surface area contributed by atoms with Gasteiger partial charge in [-0.1, -0.05) is 0 Å². The van der Waals surface area contributed by atoms with Gasteiger partial charge in [-0.2, -0.15) is 5.26 Å². The summed E-state index contributed by atoms with van der Waals surface area (Å²) in [5.74, 6) is 0. The summed E-state index contributed by atoms with van der Waals surface area (Å²) in [5, 5.41) is 19.4. The molecular formula is C8H6BrN3O2. The summed E-state index contributed by atoms with van der Waals surface area (Å²) in [6.45, 7) is -0.0291. The van der Waals surface area contributed by atoms with Crippen LogP contribution in [0.25, 0.3) is 0 Å². The molecule has 0 bridgehead atoms. The summed E-state index contributed by atoms with van der Waals surface area (Å²) in [4.78, 5) is 10.1. The Morgan fingerprint density at radius 2 is 2.29 bits per heavy atom. The van der Waals surface area contributed by atoms with E-state index in [1.54, 1.807) is 0 Å². The Morgan fingerprint density at radius 1 is 1.64 bits per heavy atom. The first-order valence-electron chi connectivity index (χ1n) is 3.67. The molecule has 0 saturated carbocycles. The van der Waals surface area contributed by atoms with Crippen molar-refractivity contribution in [3.63, 3.8) is 0 Å². The van der Waals surface area contributed by atoms with Crippen LogP contribution in [0.4, 0.5) is 5.69 Å². The predicted octanol–water partition coefficient (Wildman–Crippen LogP) is 1.69. The zero-order valence-corrected chi connectivity index (χ0v) is 8.61. The minimum absolute atomic E-state index is 0.0291. The molecule has 1 aromatic carbocycles. The minimum atomic E-state index is -0.548. The number of hydrogen-bond donors (Lipinski definition) is 1. The van der Waals surface area contributed by atoms with E-state index in [1.807, 2.05) is 6.07 Å². The number of benzene rings is 1. The highest BCUT2D eigenvalue weighted by Gasteiger charge is 2.20. The Labute approximate surface area is 88.4 Å². The van der Waals surface area contributed by atoms with E-state index in [2.05, 4.69) is 15.9 Å². The van der Waals surface area contributed by atoms with Gasteiger partial charge in [-0.25, -0.2) is 0 Å². The minimum Gasteiger partial charge on any atom is -0.326 e. The zero-order chi connectivity index (χ0) is 10.7. The highest BCUT2D eigenvalue weighted by molar-refractivity contribution is 9.10. The molecule has 1 aromatic rings. The van der Waals surface area contributed by atoms with Crippen LogP contribution in [0.15, 0.2) is 16.6 Å². The number of nitriles is 1. The third-order valence-electron chi connectivity index (χ3n) is 1.74. The summed E-state index contributed by atoms with van der Waals surface area (Å²) < 4.78 is 0.335. The Morgan fingerprint density at radius 3 is 2.71 bits per heavy atom. The van der Waals surface area contributed by atoms with Gasteiger partial charge in [0.1, 0.15) is 0 Å². The molecule has 0 amide bonds. The molecule has 0 aliphatic heterocycles. The number of hydrogen-bond acceptors (Lipinski definition) is 4. The molecule has 5 nitrogen and oxygen atoms in total. The third kappa shape index (κ3) is 1.73. The lowest BCUT2D eigenvalue weighted by Crippen LogP contribution is -2.05. The van der Waals surface area contributed by atoms with Crippen LogP contribution in [0.3, 0.4) is 0 Å².